The largest absolute Gasteiger partial charge is 0.481 e. The van der Waals surface area contributed by atoms with Crippen LogP contribution >= 0.6 is 0 Å². The number of carboxylic acid groups (broad SMARTS) is 1. The third-order valence-electron chi connectivity index (χ3n) is 6.48. The van der Waals surface area contributed by atoms with Crippen LogP contribution in [0.4, 0.5) is 4.79 Å². The molecule has 2 aromatic rings. The molecule has 2 aliphatic rings. The van der Waals surface area contributed by atoms with E-state index in [0.29, 0.717) is 6.54 Å². The molecule has 2 N–H and O–H groups in total. The molecule has 0 saturated carbocycles. The van der Waals surface area contributed by atoms with Crippen molar-refractivity contribution in [2.24, 2.45) is 0 Å². The van der Waals surface area contributed by atoms with Gasteiger partial charge in [0, 0.05) is 18.0 Å². The molecule has 1 aliphatic carbocycles. The quantitative estimate of drug-likeness (QED) is 0.719. The summed E-state index contributed by atoms with van der Waals surface area (Å²) in [5.41, 5.74) is 4.04. The number of rotatable bonds is 6. The van der Waals surface area contributed by atoms with Crippen LogP contribution in [0.2, 0.25) is 0 Å². The van der Waals surface area contributed by atoms with Crippen molar-refractivity contribution in [3.05, 3.63) is 59.7 Å². The van der Waals surface area contributed by atoms with Crippen LogP contribution in [0.25, 0.3) is 11.1 Å². The summed E-state index contributed by atoms with van der Waals surface area (Å²) in [6, 6.07) is 14.8. The van der Waals surface area contributed by atoms with Crippen LogP contribution in [-0.4, -0.2) is 52.7 Å². The highest BCUT2D eigenvalue weighted by Crippen LogP contribution is 2.44. The average Bonchev–Trinajstić information content (AvgIpc) is 3.27. The summed E-state index contributed by atoms with van der Waals surface area (Å²) >= 11 is 0. The SMILES string of the molecule is CC1(C)CCCN1C(=O)C(CC(=O)O)NC(=O)OCC1c2ccccc2-c2ccccc21. The first-order valence-corrected chi connectivity index (χ1v) is 10.9. The Morgan fingerprint density at radius 1 is 1.09 bits per heavy atom. The smallest absolute Gasteiger partial charge is 0.407 e. The van der Waals surface area contributed by atoms with Gasteiger partial charge in [-0.25, -0.2) is 4.79 Å². The normalized spacial score (nSPS) is 17.4. The molecule has 2 amide bonds. The van der Waals surface area contributed by atoms with Crippen LogP contribution in [0.15, 0.2) is 48.5 Å². The molecule has 2 aromatic carbocycles. The maximum Gasteiger partial charge on any atom is 0.407 e. The van der Waals surface area contributed by atoms with Crippen LogP contribution in [-0.2, 0) is 14.3 Å². The van der Waals surface area contributed by atoms with Gasteiger partial charge in [-0.2, -0.15) is 0 Å². The Balaban J connectivity index is 1.45. The molecule has 0 bridgehead atoms. The second-order valence-electron chi connectivity index (χ2n) is 9.03. The van der Waals surface area contributed by atoms with E-state index >= 15 is 0 Å². The van der Waals surface area contributed by atoms with Gasteiger partial charge in [0.1, 0.15) is 12.6 Å². The van der Waals surface area contributed by atoms with Gasteiger partial charge >= 0.3 is 12.1 Å². The Morgan fingerprint density at radius 3 is 2.22 bits per heavy atom. The molecular formula is C25H28N2O5. The average molecular weight is 437 g/mol. The minimum atomic E-state index is -1.17. The van der Waals surface area contributed by atoms with Gasteiger partial charge in [-0.3, -0.25) is 9.59 Å². The molecule has 1 heterocycles. The number of nitrogens with zero attached hydrogens (tertiary/aromatic N) is 1. The van der Waals surface area contributed by atoms with E-state index in [1.54, 1.807) is 4.90 Å². The van der Waals surface area contributed by atoms with Gasteiger partial charge in [0.05, 0.1) is 6.42 Å². The van der Waals surface area contributed by atoms with Crippen molar-refractivity contribution in [3.8, 4) is 11.1 Å². The number of ether oxygens (including phenoxy) is 1. The lowest BCUT2D eigenvalue weighted by atomic mass is 9.98. The molecule has 32 heavy (non-hydrogen) atoms. The zero-order valence-electron chi connectivity index (χ0n) is 18.3. The van der Waals surface area contributed by atoms with Gasteiger partial charge in [0.2, 0.25) is 5.91 Å². The van der Waals surface area contributed by atoms with Gasteiger partial charge in [0.15, 0.2) is 0 Å². The summed E-state index contributed by atoms with van der Waals surface area (Å²) in [5.74, 6) is -1.65. The predicted octanol–water partition coefficient (Wildman–Crippen LogP) is 3.77. The number of alkyl carbamates (subject to hydrolysis) is 1. The second kappa shape index (κ2) is 8.65. The van der Waals surface area contributed by atoms with Gasteiger partial charge in [-0.1, -0.05) is 48.5 Å². The Hall–Kier alpha value is -3.35. The predicted molar refractivity (Wildman–Crippen MR) is 119 cm³/mol. The zero-order chi connectivity index (χ0) is 22.9. The Bertz CT molecular complexity index is 1000. The monoisotopic (exact) mass is 436 g/mol. The first-order valence-electron chi connectivity index (χ1n) is 10.9. The van der Waals surface area contributed by atoms with E-state index in [2.05, 4.69) is 5.32 Å². The van der Waals surface area contributed by atoms with Crippen LogP contribution in [0.5, 0.6) is 0 Å². The van der Waals surface area contributed by atoms with Crippen LogP contribution in [0.1, 0.15) is 50.2 Å². The number of benzene rings is 2. The summed E-state index contributed by atoms with van der Waals surface area (Å²) < 4.78 is 5.50. The van der Waals surface area contributed by atoms with Crippen molar-refractivity contribution in [3.63, 3.8) is 0 Å². The van der Waals surface area contributed by atoms with Crippen LogP contribution in [0, 0.1) is 0 Å². The Morgan fingerprint density at radius 2 is 1.69 bits per heavy atom. The fourth-order valence-electron chi connectivity index (χ4n) is 4.86. The first kappa shape index (κ1) is 21.9. The maximum absolute atomic E-state index is 13.0. The molecule has 0 spiro atoms. The minimum Gasteiger partial charge on any atom is -0.481 e. The highest BCUT2D eigenvalue weighted by Gasteiger charge is 2.39. The molecule has 1 fully saturated rings. The summed E-state index contributed by atoms with van der Waals surface area (Å²) in [4.78, 5) is 38.6. The van der Waals surface area contributed by atoms with E-state index in [1.807, 2.05) is 62.4 Å². The van der Waals surface area contributed by atoms with E-state index in [9.17, 15) is 19.5 Å². The lowest BCUT2D eigenvalue weighted by Gasteiger charge is -2.34. The van der Waals surface area contributed by atoms with Crippen LogP contribution in [0.3, 0.4) is 0 Å². The van der Waals surface area contributed by atoms with Crippen molar-refractivity contribution in [2.75, 3.05) is 13.2 Å². The molecule has 7 nitrogen and oxygen atoms in total. The lowest BCUT2D eigenvalue weighted by molar-refractivity contribution is -0.144. The van der Waals surface area contributed by atoms with Crippen molar-refractivity contribution in [1.29, 1.82) is 0 Å². The van der Waals surface area contributed by atoms with Crippen molar-refractivity contribution < 1.29 is 24.2 Å². The van der Waals surface area contributed by atoms with E-state index in [-0.39, 0.29) is 24.0 Å². The summed E-state index contributed by atoms with van der Waals surface area (Å²) in [7, 11) is 0. The van der Waals surface area contributed by atoms with E-state index in [4.69, 9.17) is 4.74 Å². The number of hydrogen-bond donors (Lipinski definition) is 2. The molecule has 0 radical (unpaired) electrons. The van der Waals surface area contributed by atoms with E-state index < -0.39 is 24.5 Å². The molecular weight excluding hydrogens is 408 g/mol. The standard InChI is InChI=1S/C25H28N2O5/c1-25(2)12-7-13-27(25)23(30)21(14-22(28)29)26-24(31)32-15-20-18-10-5-3-8-16(18)17-9-4-6-11-19(17)20/h3-6,8-11,20-21H,7,12-15H2,1-2H3,(H,26,31)(H,28,29). The molecule has 1 aliphatic heterocycles. The van der Waals surface area contributed by atoms with Gasteiger partial charge in [-0.15, -0.1) is 0 Å². The summed E-state index contributed by atoms with van der Waals surface area (Å²) in [5, 5.41) is 11.8. The van der Waals surface area contributed by atoms with Crippen molar-refractivity contribution >= 4 is 18.0 Å². The highest BCUT2D eigenvalue weighted by molar-refractivity contribution is 5.90. The number of hydrogen-bond acceptors (Lipinski definition) is 4. The number of aliphatic carboxylic acids is 1. The molecule has 0 aromatic heterocycles. The van der Waals surface area contributed by atoms with Gasteiger partial charge in [-0.05, 0) is 48.9 Å². The fraction of sp³-hybridized carbons (Fsp3) is 0.400. The third-order valence-corrected chi connectivity index (χ3v) is 6.48. The number of carboxylic acids is 1. The van der Waals surface area contributed by atoms with Crippen molar-refractivity contribution in [2.45, 2.75) is 50.6 Å². The number of likely N-dealkylation sites (tertiary alicyclic amines) is 1. The van der Waals surface area contributed by atoms with Crippen LogP contribution < -0.4 is 5.32 Å². The number of amides is 2. The fourth-order valence-corrected chi connectivity index (χ4v) is 4.86. The number of carbonyl (C=O) groups excluding carboxylic acids is 2. The first-order chi connectivity index (χ1) is 15.3. The van der Waals surface area contributed by atoms with E-state index in [0.717, 1.165) is 35.1 Å². The van der Waals surface area contributed by atoms with Gasteiger partial charge in [0.25, 0.3) is 0 Å². The molecule has 7 heteroatoms. The summed E-state index contributed by atoms with van der Waals surface area (Å²) in [6.07, 6.45) is 0.409. The zero-order valence-corrected chi connectivity index (χ0v) is 18.3. The summed E-state index contributed by atoms with van der Waals surface area (Å²) in [6.45, 7) is 4.55. The molecule has 1 atom stereocenters. The number of carbonyl (C=O) groups is 3. The molecule has 168 valence electrons. The Labute approximate surface area is 187 Å². The second-order valence-corrected chi connectivity index (χ2v) is 9.03. The maximum atomic E-state index is 13.0. The Kier molecular flexibility index (Phi) is 5.91. The van der Waals surface area contributed by atoms with Crippen molar-refractivity contribution in [1.82, 2.24) is 10.2 Å². The van der Waals surface area contributed by atoms with Gasteiger partial charge < -0.3 is 20.1 Å². The van der Waals surface area contributed by atoms with E-state index in [1.165, 1.54) is 0 Å². The topological polar surface area (TPSA) is 95.9 Å². The molecule has 4 rings (SSSR count). The molecule has 1 saturated heterocycles. The highest BCUT2D eigenvalue weighted by atomic mass is 16.5. The minimum absolute atomic E-state index is 0.100. The number of nitrogens with one attached hydrogen (secondary N) is 1. The lowest BCUT2D eigenvalue weighted by Crippen LogP contribution is -2.53. The number of fused-ring (bicyclic) bond motifs is 3. The third kappa shape index (κ3) is 4.20. The molecule has 1 unspecified atom stereocenters.